The lowest BCUT2D eigenvalue weighted by Gasteiger charge is -2.58. The van der Waals surface area contributed by atoms with Gasteiger partial charge in [0.05, 0.1) is 0 Å². The van der Waals surface area contributed by atoms with E-state index in [0.29, 0.717) is 5.41 Å². The Morgan fingerprint density at radius 3 is 2.58 bits per heavy atom. The summed E-state index contributed by atoms with van der Waals surface area (Å²) in [5.41, 5.74) is 5.51. The Bertz CT molecular complexity index is 1040. The number of rotatable bonds is 5. The average molecular weight is 464 g/mol. The Hall–Kier alpha value is -2.11. The fraction of sp³-hybridized carbons (Fsp3) is 0.556. The number of hydrogen-bond acceptors (Lipinski definition) is 5. The zero-order chi connectivity index (χ0) is 22.6. The van der Waals surface area contributed by atoms with Crippen molar-refractivity contribution in [3.05, 3.63) is 59.0 Å². The van der Waals surface area contributed by atoms with Gasteiger partial charge in [-0.25, -0.2) is 9.97 Å². The Kier molecular flexibility index (Phi) is 5.19. The molecule has 0 amide bonds. The molecule has 2 saturated heterocycles. The first-order valence-corrected chi connectivity index (χ1v) is 12.9. The van der Waals surface area contributed by atoms with Crippen molar-refractivity contribution in [1.82, 2.24) is 14.9 Å². The first-order chi connectivity index (χ1) is 15.9. The van der Waals surface area contributed by atoms with Crippen molar-refractivity contribution >= 4 is 23.2 Å². The number of benzene rings is 1. The van der Waals surface area contributed by atoms with Gasteiger partial charge < -0.3 is 15.1 Å². The summed E-state index contributed by atoms with van der Waals surface area (Å²) in [6.45, 7) is 12.3. The van der Waals surface area contributed by atoms with E-state index in [1.807, 2.05) is 18.5 Å². The molecule has 0 unspecified atom stereocenters. The number of nitrogens with zero attached hydrogens (tertiary/aromatic N) is 4. The van der Waals surface area contributed by atoms with Crippen LogP contribution in [0.1, 0.15) is 50.2 Å². The van der Waals surface area contributed by atoms with Gasteiger partial charge in [-0.2, -0.15) is 0 Å². The second kappa shape index (κ2) is 7.99. The molecule has 5 nitrogen and oxygen atoms in total. The zero-order valence-electron chi connectivity index (χ0n) is 19.6. The Morgan fingerprint density at radius 2 is 1.88 bits per heavy atom. The van der Waals surface area contributed by atoms with Gasteiger partial charge in [0.25, 0.3) is 0 Å². The van der Waals surface area contributed by atoms with Crippen LogP contribution >= 0.6 is 11.6 Å². The highest BCUT2D eigenvalue weighted by Crippen LogP contribution is 2.52. The summed E-state index contributed by atoms with van der Waals surface area (Å²) >= 11 is 6.31. The quantitative estimate of drug-likeness (QED) is 0.654. The van der Waals surface area contributed by atoms with E-state index in [4.69, 9.17) is 11.6 Å². The smallest absolute Gasteiger partial charge is 0.225 e. The molecule has 4 aliphatic rings. The molecule has 1 aromatic heterocycles. The van der Waals surface area contributed by atoms with E-state index in [1.54, 1.807) is 0 Å². The molecule has 3 fully saturated rings. The predicted octanol–water partition coefficient (Wildman–Crippen LogP) is 5.27. The van der Waals surface area contributed by atoms with Crippen molar-refractivity contribution in [2.24, 2.45) is 11.3 Å². The summed E-state index contributed by atoms with van der Waals surface area (Å²) < 4.78 is 0. The Morgan fingerprint density at radius 1 is 1.15 bits per heavy atom. The standard InChI is InChI=1S/C27H34ClN5/c1-19-13-26(14-19)17-33(18-26)25-29-15-21(16-30-25)4-3-9-32-10-7-27(8-11-32)20(2)31-24-6-5-22(28)12-23(24)27/h5-6,12,15-16,19,31H,2-4,7-11,13-14,17-18H2,1H3. The maximum Gasteiger partial charge on any atom is 0.225 e. The highest BCUT2D eigenvalue weighted by atomic mass is 35.5. The fourth-order valence-corrected chi connectivity index (χ4v) is 7.10. The normalized spacial score (nSPS) is 23.3. The number of hydrogen-bond donors (Lipinski definition) is 1. The summed E-state index contributed by atoms with van der Waals surface area (Å²) in [5.74, 6) is 1.82. The number of allylic oxidation sites excluding steroid dienone is 1. The summed E-state index contributed by atoms with van der Waals surface area (Å²) in [5, 5.41) is 4.32. The number of aromatic nitrogens is 2. The minimum Gasteiger partial charge on any atom is -0.358 e. The van der Waals surface area contributed by atoms with Crippen LogP contribution in [0.5, 0.6) is 0 Å². The van der Waals surface area contributed by atoms with Crippen LogP contribution in [-0.4, -0.2) is 47.6 Å². The van der Waals surface area contributed by atoms with Crippen LogP contribution in [-0.2, 0) is 11.8 Å². The summed E-state index contributed by atoms with van der Waals surface area (Å²) in [4.78, 5) is 14.3. The second-order valence-corrected chi connectivity index (χ2v) is 11.5. The van der Waals surface area contributed by atoms with Gasteiger partial charge in [0.2, 0.25) is 5.95 Å². The first kappa shape index (κ1) is 21.4. The van der Waals surface area contributed by atoms with Gasteiger partial charge in [-0.15, -0.1) is 0 Å². The average Bonchev–Trinajstić information content (AvgIpc) is 3.02. The first-order valence-electron chi connectivity index (χ1n) is 12.5. The molecule has 1 saturated carbocycles. The van der Waals surface area contributed by atoms with Crippen LogP contribution in [0.25, 0.3) is 0 Å². The SMILES string of the molecule is C=C1Nc2ccc(Cl)cc2C12CCN(CCCc1cnc(N3CC4(CC(C)C4)C3)nc1)CC2. The third kappa shape index (κ3) is 3.74. The molecule has 33 heavy (non-hydrogen) atoms. The van der Waals surface area contributed by atoms with E-state index < -0.39 is 0 Å². The van der Waals surface area contributed by atoms with E-state index >= 15 is 0 Å². The lowest BCUT2D eigenvalue weighted by Crippen LogP contribution is -2.62. The van der Waals surface area contributed by atoms with Crippen molar-refractivity contribution in [3.8, 4) is 0 Å². The van der Waals surface area contributed by atoms with Crippen molar-refractivity contribution in [3.63, 3.8) is 0 Å². The topological polar surface area (TPSA) is 44.3 Å². The van der Waals surface area contributed by atoms with Gasteiger partial charge in [-0.3, -0.25) is 0 Å². The molecule has 0 radical (unpaired) electrons. The highest BCUT2D eigenvalue weighted by Gasteiger charge is 2.51. The molecule has 4 heterocycles. The monoisotopic (exact) mass is 463 g/mol. The number of piperidine rings is 1. The van der Waals surface area contributed by atoms with Gasteiger partial charge in [0.15, 0.2) is 0 Å². The number of nitrogens with one attached hydrogen (secondary N) is 1. The van der Waals surface area contributed by atoms with Crippen LogP contribution in [0.15, 0.2) is 42.9 Å². The molecule has 0 atom stereocenters. The van der Waals surface area contributed by atoms with Gasteiger partial charge in [-0.05, 0) is 93.4 Å². The molecule has 0 bridgehead atoms. The highest BCUT2D eigenvalue weighted by molar-refractivity contribution is 6.30. The number of likely N-dealkylation sites (tertiary alicyclic amines) is 1. The fourth-order valence-electron chi connectivity index (χ4n) is 6.92. The zero-order valence-corrected chi connectivity index (χ0v) is 20.4. The lowest BCUT2D eigenvalue weighted by molar-refractivity contribution is 0.0325. The minimum atomic E-state index is 0.0351. The lowest BCUT2D eigenvalue weighted by atomic mass is 9.58. The van der Waals surface area contributed by atoms with E-state index in [2.05, 4.69) is 50.7 Å². The molecule has 1 N–H and O–H groups in total. The third-order valence-corrected chi connectivity index (χ3v) is 8.83. The molecular weight excluding hydrogens is 430 g/mol. The number of anilines is 2. The van der Waals surface area contributed by atoms with Crippen molar-refractivity contribution in [2.45, 2.75) is 50.9 Å². The Balaban J connectivity index is 0.978. The van der Waals surface area contributed by atoms with E-state index in [9.17, 15) is 0 Å². The van der Waals surface area contributed by atoms with E-state index in [-0.39, 0.29) is 5.41 Å². The second-order valence-electron chi connectivity index (χ2n) is 11.1. The molecule has 174 valence electrons. The summed E-state index contributed by atoms with van der Waals surface area (Å²) in [6, 6.07) is 6.18. The Labute approximate surface area is 202 Å². The van der Waals surface area contributed by atoms with Crippen LogP contribution in [0.2, 0.25) is 5.02 Å². The molecular formula is C27H34ClN5. The van der Waals surface area contributed by atoms with Crippen LogP contribution in [0, 0.1) is 11.3 Å². The van der Waals surface area contributed by atoms with Crippen LogP contribution in [0.4, 0.5) is 11.6 Å². The molecule has 2 aromatic rings. The van der Waals surface area contributed by atoms with Crippen molar-refractivity contribution in [1.29, 1.82) is 0 Å². The molecule has 3 aliphatic heterocycles. The van der Waals surface area contributed by atoms with E-state index in [0.717, 1.165) is 81.0 Å². The minimum absolute atomic E-state index is 0.0351. The molecule has 2 spiro atoms. The molecule has 1 aromatic carbocycles. The summed E-state index contributed by atoms with van der Waals surface area (Å²) in [7, 11) is 0. The molecule has 6 heteroatoms. The largest absolute Gasteiger partial charge is 0.358 e. The maximum absolute atomic E-state index is 6.31. The van der Waals surface area contributed by atoms with Gasteiger partial charge in [0, 0.05) is 52.7 Å². The summed E-state index contributed by atoms with van der Waals surface area (Å²) in [6.07, 6.45) is 11.2. The number of halogens is 1. The number of aryl methyl sites for hydroxylation is 1. The van der Waals surface area contributed by atoms with Crippen molar-refractivity contribution < 1.29 is 0 Å². The van der Waals surface area contributed by atoms with Gasteiger partial charge >= 0.3 is 0 Å². The number of fused-ring (bicyclic) bond motifs is 2. The van der Waals surface area contributed by atoms with Crippen molar-refractivity contribution in [2.75, 3.05) is 42.9 Å². The van der Waals surface area contributed by atoms with Gasteiger partial charge in [-0.1, -0.05) is 25.1 Å². The predicted molar refractivity (Wildman–Crippen MR) is 135 cm³/mol. The molecule has 6 rings (SSSR count). The third-order valence-electron chi connectivity index (χ3n) is 8.60. The molecule has 1 aliphatic carbocycles. The van der Waals surface area contributed by atoms with Gasteiger partial charge in [0.1, 0.15) is 0 Å². The van der Waals surface area contributed by atoms with Crippen LogP contribution < -0.4 is 10.2 Å². The van der Waals surface area contributed by atoms with E-state index in [1.165, 1.54) is 29.7 Å². The van der Waals surface area contributed by atoms with Crippen LogP contribution in [0.3, 0.4) is 0 Å². The maximum atomic E-state index is 6.31.